The Bertz CT molecular complexity index is 462. The van der Waals surface area contributed by atoms with Crippen molar-refractivity contribution in [1.82, 2.24) is 0 Å². The zero-order valence-electron chi connectivity index (χ0n) is 9.86. The molecule has 0 saturated carbocycles. The van der Waals surface area contributed by atoms with Crippen LogP contribution in [0.3, 0.4) is 0 Å². The molecule has 0 aliphatic carbocycles. The SMILES string of the molecule is ClSCCCCCc1cccc2ccccc12. The Labute approximate surface area is 112 Å². The standard InChI is InChI=1S/C15H17ClS/c16-17-12-5-1-2-7-13-9-6-10-14-8-3-4-11-15(13)14/h3-4,6,8-11H,1-2,5,7,12H2. The summed E-state index contributed by atoms with van der Waals surface area (Å²) in [5, 5.41) is 2.75. The lowest BCUT2D eigenvalue weighted by Gasteiger charge is -2.06. The lowest BCUT2D eigenvalue weighted by Crippen LogP contribution is -1.88. The van der Waals surface area contributed by atoms with Crippen LogP contribution in [0.1, 0.15) is 24.8 Å². The predicted octanol–water partition coefficient (Wildman–Crippen LogP) is 5.44. The quantitative estimate of drug-likeness (QED) is 0.626. The summed E-state index contributed by atoms with van der Waals surface area (Å²) in [5.41, 5.74) is 1.47. The van der Waals surface area contributed by atoms with Crippen molar-refractivity contribution >= 4 is 32.4 Å². The van der Waals surface area contributed by atoms with Gasteiger partial charge in [0.05, 0.1) is 0 Å². The van der Waals surface area contributed by atoms with E-state index in [1.807, 2.05) is 0 Å². The molecule has 2 rings (SSSR count). The second kappa shape index (κ2) is 6.93. The number of halogens is 1. The van der Waals surface area contributed by atoms with Crippen molar-refractivity contribution in [2.45, 2.75) is 25.7 Å². The largest absolute Gasteiger partial charge is 0.0616 e. The fraction of sp³-hybridized carbons (Fsp3) is 0.333. The topological polar surface area (TPSA) is 0 Å². The Morgan fingerprint density at radius 1 is 0.882 bits per heavy atom. The summed E-state index contributed by atoms with van der Waals surface area (Å²) in [6, 6.07) is 15.2. The Hall–Kier alpha value is -0.660. The fourth-order valence-electron chi connectivity index (χ4n) is 2.16. The van der Waals surface area contributed by atoms with Crippen LogP contribution in [0, 0.1) is 0 Å². The first-order valence-corrected chi connectivity index (χ1v) is 7.93. The molecule has 0 atom stereocenters. The van der Waals surface area contributed by atoms with Gasteiger partial charge in [0.25, 0.3) is 0 Å². The summed E-state index contributed by atoms with van der Waals surface area (Å²) in [4.78, 5) is 0. The molecule has 0 nitrogen and oxygen atoms in total. The minimum absolute atomic E-state index is 1.07. The van der Waals surface area contributed by atoms with Crippen molar-refractivity contribution in [1.29, 1.82) is 0 Å². The molecule has 0 bridgehead atoms. The Morgan fingerprint density at radius 3 is 2.59 bits per heavy atom. The third kappa shape index (κ3) is 3.65. The zero-order chi connectivity index (χ0) is 11.9. The molecule has 0 aliphatic rings. The van der Waals surface area contributed by atoms with Crippen LogP contribution in [0.5, 0.6) is 0 Å². The average molecular weight is 265 g/mol. The van der Waals surface area contributed by atoms with E-state index in [1.54, 1.807) is 0 Å². The van der Waals surface area contributed by atoms with Crippen LogP contribution < -0.4 is 0 Å². The van der Waals surface area contributed by atoms with Crippen LogP contribution in [-0.2, 0) is 6.42 Å². The first kappa shape index (κ1) is 12.8. The van der Waals surface area contributed by atoms with E-state index in [-0.39, 0.29) is 0 Å². The molecule has 0 amide bonds. The van der Waals surface area contributed by atoms with Gasteiger partial charge in [-0.3, -0.25) is 0 Å². The van der Waals surface area contributed by atoms with Gasteiger partial charge in [0.2, 0.25) is 0 Å². The van der Waals surface area contributed by atoms with Gasteiger partial charge < -0.3 is 0 Å². The van der Waals surface area contributed by atoms with Crippen molar-refractivity contribution in [3.8, 4) is 0 Å². The van der Waals surface area contributed by atoms with Crippen molar-refractivity contribution in [3.63, 3.8) is 0 Å². The van der Waals surface area contributed by atoms with Gasteiger partial charge in [-0.25, -0.2) is 0 Å². The number of hydrogen-bond acceptors (Lipinski definition) is 1. The van der Waals surface area contributed by atoms with Crippen molar-refractivity contribution in [3.05, 3.63) is 48.0 Å². The van der Waals surface area contributed by atoms with Crippen LogP contribution in [-0.4, -0.2) is 5.75 Å². The molecule has 0 radical (unpaired) electrons. The first-order valence-electron chi connectivity index (χ1n) is 6.12. The van der Waals surface area contributed by atoms with E-state index in [0.717, 1.165) is 5.75 Å². The molecule has 2 aromatic rings. The number of benzene rings is 2. The molecule has 0 fully saturated rings. The van der Waals surface area contributed by atoms with Gasteiger partial charge >= 0.3 is 0 Å². The maximum absolute atomic E-state index is 5.59. The average Bonchev–Trinajstić information content (AvgIpc) is 2.39. The summed E-state index contributed by atoms with van der Waals surface area (Å²) in [6.45, 7) is 0. The molecule has 90 valence electrons. The Balaban J connectivity index is 1.98. The molecule has 0 saturated heterocycles. The van der Waals surface area contributed by atoms with Crippen LogP contribution in [0.15, 0.2) is 42.5 Å². The van der Waals surface area contributed by atoms with Crippen molar-refractivity contribution in [2.24, 2.45) is 0 Å². The van der Waals surface area contributed by atoms with Crippen LogP contribution >= 0.6 is 21.7 Å². The van der Waals surface area contributed by atoms with E-state index in [1.165, 1.54) is 53.0 Å². The van der Waals surface area contributed by atoms with E-state index in [0.29, 0.717) is 0 Å². The maximum Gasteiger partial charge on any atom is 0.00852 e. The van der Waals surface area contributed by atoms with Gasteiger partial charge in [0.1, 0.15) is 0 Å². The molecule has 0 aliphatic heterocycles. The summed E-state index contributed by atoms with van der Waals surface area (Å²) >= 11 is 0. The number of fused-ring (bicyclic) bond motifs is 1. The fourth-order valence-corrected chi connectivity index (χ4v) is 2.80. The second-order valence-corrected chi connectivity index (χ2v) is 5.54. The van der Waals surface area contributed by atoms with Crippen LogP contribution in [0.2, 0.25) is 0 Å². The van der Waals surface area contributed by atoms with E-state index in [9.17, 15) is 0 Å². The van der Waals surface area contributed by atoms with Gasteiger partial charge in [-0.2, -0.15) is 0 Å². The van der Waals surface area contributed by atoms with Gasteiger partial charge in [0.15, 0.2) is 0 Å². The van der Waals surface area contributed by atoms with Gasteiger partial charge in [-0.1, -0.05) is 59.9 Å². The molecular weight excluding hydrogens is 248 g/mol. The lowest BCUT2D eigenvalue weighted by atomic mass is 10.00. The minimum atomic E-state index is 1.07. The smallest absolute Gasteiger partial charge is 0.00852 e. The normalized spacial score (nSPS) is 10.9. The maximum atomic E-state index is 5.59. The van der Waals surface area contributed by atoms with Gasteiger partial charge in [-0.05, 0) is 46.3 Å². The Morgan fingerprint density at radius 2 is 1.71 bits per heavy atom. The highest BCUT2D eigenvalue weighted by Crippen LogP contribution is 2.20. The molecule has 0 heterocycles. The van der Waals surface area contributed by atoms with Crippen LogP contribution in [0.4, 0.5) is 0 Å². The highest BCUT2D eigenvalue weighted by Gasteiger charge is 1.99. The predicted molar refractivity (Wildman–Crippen MR) is 79.8 cm³/mol. The first-order chi connectivity index (χ1) is 8.42. The highest BCUT2D eigenvalue weighted by atomic mass is 35.7. The third-order valence-electron chi connectivity index (χ3n) is 3.05. The molecule has 0 N–H and O–H groups in total. The summed E-state index contributed by atoms with van der Waals surface area (Å²) < 4.78 is 0. The minimum Gasteiger partial charge on any atom is -0.0616 e. The lowest BCUT2D eigenvalue weighted by molar-refractivity contribution is 0.725. The van der Waals surface area contributed by atoms with E-state index in [4.69, 9.17) is 10.7 Å². The van der Waals surface area contributed by atoms with Crippen molar-refractivity contribution in [2.75, 3.05) is 5.75 Å². The van der Waals surface area contributed by atoms with Crippen molar-refractivity contribution < 1.29 is 0 Å². The van der Waals surface area contributed by atoms with Gasteiger partial charge in [0, 0.05) is 5.75 Å². The molecular formula is C15H17ClS. The molecule has 0 spiro atoms. The van der Waals surface area contributed by atoms with E-state index < -0.39 is 0 Å². The monoisotopic (exact) mass is 264 g/mol. The number of rotatable bonds is 6. The number of hydrogen-bond donors (Lipinski definition) is 0. The summed E-state index contributed by atoms with van der Waals surface area (Å²) in [6.07, 6.45) is 4.92. The zero-order valence-corrected chi connectivity index (χ0v) is 11.4. The van der Waals surface area contributed by atoms with Crippen LogP contribution in [0.25, 0.3) is 10.8 Å². The Kier molecular flexibility index (Phi) is 5.21. The van der Waals surface area contributed by atoms with E-state index >= 15 is 0 Å². The van der Waals surface area contributed by atoms with Gasteiger partial charge in [-0.15, -0.1) is 0 Å². The molecule has 0 aromatic heterocycles. The van der Waals surface area contributed by atoms with E-state index in [2.05, 4.69) is 42.5 Å². The summed E-state index contributed by atoms with van der Waals surface area (Å²) in [5.74, 6) is 1.07. The number of aryl methyl sites for hydroxylation is 1. The molecule has 2 aromatic carbocycles. The summed E-state index contributed by atoms with van der Waals surface area (Å²) in [7, 11) is 7.01. The molecule has 0 unspecified atom stereocenters. The molecule has 2 heteroatoms. The second-order valence-electron chi connectivity index (χ2n) is 4.26. The number of unbranched alkanes of at least 4 members (excludes halogenated alkanes) is 2. The third-order valence-corrected chi connectivity index (χ3v) is 3.95. The molecule has 17 heavy (non-hydrogen) atoms. The highest BCUT2D eigenvalue weighted by molar-refractivity contribution is 8.21.